The third-order valence-corrected chi connectivity index (χ3v) is 2.38. The van der Waals surface area contributed by atoms with Crippen molar-refractivity contribution in [1.29, 1.82) is 0 Å². The molecule has 0 saturated carbocycles. The van der Waals surface area contributed by atoms with Crippen LogP contribution in [-0.2, 0) is 9.53 Å². The lowest BCUT2D eigenvalue weighted by Gasteiger charge is -2.11. The van der Waals surface area contributed by atoms with Gasteiger partial charge in [-0.2, -0.15) is 0 Å². The van der Waals surface area contributed by atoms with Crippen LogP contribution in [0.3, 0.4) is 0 Å². The van der Waals surface area contributed by atoms with Crippen molar-refractivity contribution in [2.24, 2.45) is 0 Å². The maximum atomic E-state index is 10.9. The molecule has 4 heteroatoms. The Hall–Kier alpha value is -1.71. The fourth-order valence-corrected chi connectivity index (χ4v) is 1.43. The number of hydrogen-bond donors (Lipinski definition) is 1. The lowest BCUT2D eigenvalue weighted by Crippen LogP contribution is -2.10. The van der Waals surface area contributed by atoms with Crippen molar-refractivity contribution in [1.82, 2.24) is 0 Å². The molecule has 88 valence electrons. The molecule has 0 saturated heterocycles. The Bertz CT molecular complexity index is 363. The van der Waals surface area contributed by atoms with Gasteiger partial charge in [-0.1, -0.05) is 6.07 Å². The van der Waals surface area contributed by atoms with Gasteiger partial charge in [0.1, 0.15) is 5.75 Å². The third kappa shape index (κ3) is 3.15. The summed E-state index contributed by atoms with van der Waals surface area (Å²) in [6.45, 7) is 2.53. The zero-order chi connectivity index (χ0) is 12.0. The van der Waals surface area contributed by atoms with Gasteiger partial charge < -0.3 is 14.8 Å². The normalized spacial score (nSPS) is 9.69. The van der Waals surface area contributed by atoms with Gasteiger partial charge in [-0.3, -0.25) is 4.79 Å². The van der Waals surface area contributed by atoms with Crippen LogP contribution in [0.15, 0.2) is 18.2 Å². The van der Waals surface area contributed by atoms with E-state index < -0.39 is 0 Å². The summed E-state index contributed by atoms with van der Waals surface area (Å²) in [5.74, 6) is 0.621. The van der Waals surface area contributed by atoms with E-state index in [0.717, 1.165) is 17.0 Å². The standard InChI is InChI=1S/C12H17NO3/c1-9-10(5-4-6-11(9)15-2)13-8-7-12(14)16-3/h4-6,13H,7-8H2,1-3H3. The molecule has 0 spiro atoms. The molecule has 0 heterocycles. The van der Waals surface area contributed by atoms with E-state index in [9.17, 15) is 4.79 Å². The second-order valence-corrected chi connectivity index (χ2v) is 3.39. The van der Waals surface area contributed by atoms with Gasteiger partial charge in [0.15, 0.2) is 0 Å². The molecule has 0 amide bonds. The molecule has 0 atom stereocenters. The van der Waals surface area contributed by atoms with Gasteiger partial charge in [-0.25, -0.2) is 0 Å². The van der Waals surface area contributed by atoms with Gasteiger partial charge in [0, 0.05) is 17.8 Å². The summed E-state index contributed by atoms with van der Waals surface area (Å²) in [7, 11) is 3.03. The molecule has 0 aliphatic carbocycles. The second kappa shape index (κ2) is 6.00. The molecule has 1 aromatic rings. The zero-order valence-electron chi connectivity index (χ0n) is 9.87. The Morgan fingerprint density at radius 2 is 2.12 bits per heavy atom. The summed E-state index contributed by atoms with van der Waals surface area (Å²) in [4.78, 5) is 10.9. The van der Waals surface area contributed by atoms with Crippen LogP contribution in [0.5, 0.6) is 5.75 Å². The van der Waals surface area contributed by atoms with Crippen molar-refractivity contribution in [3.8, 4) is 5.75 Å². The Morgan fingerprint density at radius 1 is 1.38 bits per heavy atom. The van der Waals surface area contributed by atoms with Crippen LogP contribution in [0.25, 0.3) is 0 Å². The van der Waals surface area contributed by atoms with Crippen LogP contribution in [0.1, 0.15) is 12.0 Å². The average molecular weight is 223 g/mol. The first-order chi connectivity index (χ1) is 7.69. The Labute approximate surface area is 95.6 Å². The molecule has 1 aromatic carbocycles. The molecule has 1 rings (SSSR count). The highest BCUT2D eigenvalue weighted by molar-refractivity contribution is 5.70. The lowest BCUT2D eigenvalue weighted by atomic mass is 10.2. The SMILES string of the molecule is COC(=O)CCNc1cccc(OC)c1C. The number of anilines is 1. The van der Waals surface area contributed by atoms with Gasteiger partial charge >= 0.3 is 5.97 Å². The molecule has 0 bridgehead atoms. The van der Waals surface area contributed by atoms with E-state index in [4.69, 9.17) is 4.74 Å². The molecular formula is C12H17NO3. The van der Waals surface area contributed by atoms with Crippen molar-refractivity contribution in [3.63, 3.8) is 0 Å². The molecule has 0 aliphatic heterocycles. The lowest BCUT2D eigenvalue weighted by molar-refractivity contribution is -0.140. The Kier molecular flexibility index (Phi) is 4.64. The molecule has 0 fully saturated rings. The minimum atomic E-state index is -0.215. The molecular weight excluding hydrogens is 206 g/mol. The summed E-state index contributed by atoms with van der Waals surface area (Å²) in [5, 5.41) is 3.17. The van der Waals surface area contributed by atoms with Gasteiger partial charge in [-0.05, 0) is 19.1 Å². The topological polar surface area (TPSA) is 47.6 Å². The molecule has 0 aliphatic rings. The first kappa shape index (κ1) is 12.4. The van der Waals surface area contributed by atoms with Crippen LogP contribution in [-0.4, -0.2) is 26.7 Å². The molecule has 4 nitrogen and oxygen atoms in total. The number of carbonyl (C=O) groups excluding carboxylic acids is 1. The summed E-state index contributed by atoms with van der Waals surface area (Å²) in [5.41, 5.74) is 2.01. The molecule has 16 heavy (non-hydrogen) atoms. The van der Waals surface area contributed by atoms with Crippen LogP contribution in [0.2, 0.25) is 0 Å². The third-order valence-electron chi connectivity index (χ3n) is 2.38. The number of esters is 1. The smallest absolute Gasteiger partial charge is 0.307 e. The van der Waals surface area contributed by atoms with Crippen molar-refractivity contribution in [2.75, 3.05) is 26.1 Å². The summed E-state index contributed by atoms with van der Waals surface area (Å²) >= 11 is 0. The van der Waals surface area contributed by atoms with Gasteiger partial charge in [-0.15, -0.1) is 0 Å². The fourth-order valence-electron chi connectivity index (χ4n) is 1.43. The van der Waals surface area contributed by atoms with E-state index in [1.807, 2.05) is 25.1 Å². The average Bonchev–Trinajstić information content (AvgIpc) is 2.31. The summed E-state index contributed by atoms with van der Waals surface area (Å²) in [6.07, 6.45) is 0.354. The first-order valence-electron chi connectivity index (χ1n) is 5.13. The number of rotatable bonds is 5. The van der Waals surface area contributed by atoms with E-state index in [2.05, 4.69) is 10.1 Å². The highest BCUT2D eigenvalue weighted by Crippen LogP contribution is 2.24. The van der Waals surface area contributed by atoms with Crippen LogP contribution >= 0.6 is 0 Å². The number of nitrogens with one attached hydrogen (secondary N) is 1. The number of methoxy groups -OCH3 is 2. The van der Waals surface area contributed by atoms with E-state index in [1.54, 1.807) is 7.11 Å². The van der Waals surface area contributed by atoms with Crippen molar-refractivity contribution in [2.45, 2.75) is 13.3 Å². The van der Waals surface area contributed by atoms with Crippen LogP contribution < -0.4 is 10.1 Å². The summed E-state index contributed by atoms with van der Waals surface area (Å²) < 4.78 is 9.76. The van der Waals surface area contributed by atoms with Gasteiger partial charge in [0.25, 0.3) is 0 Å². The number of benzene rings is 1. The van der Waals surface area contributed by atoms with Crippen LogP contribution in [0, 0.1) is 6.92 Å². The quantitative estimate of drug-likeness (QED) is 0.775. The molecule has 0 aromatic heterocycles. The number of carbonyl (C=O) groups is 1. The number of ether oxygens (including phenoxy) is 2. The monoisotopic (exact) mass is 223 g/mol. The van der Waals surface area contributed by atoms with E-state index in [0.29, 0.717) is 13.0 Å². The minimum Gasteiger partial charge on any atom is -0.496 e. The maximum absolute atomic E-state index is 10.9. The predicted octanol–water partition coefficient (Wildman–Crippen LogP) is 1.98. The summed E-state index contributed by atoms with van der Waals surface area (Å²) in [6, 6.07) is 5.77. The van der Waals surface area contributed by atoms with Crippen molar-refractivity contribution in [3.05, 3.63) is 23.8 Å². The van der Waals surface area contributed by atoms with E-state index >= 15 is 0 Å². The molecule has 0 unspecified atom stereocenters. The minimum absolute atomic E-state index is 0.215. The highest BCUT2D eigenvalue weighted by Gasteiger charge is 2.04. The fraction of sp³-hybridized carbons (Fsp3) is 0.417. The van der Waals surface area contributed by atoms with Crippen LogP contribution in [0.4, 0.5) is 5.69 Å². The zero-order valence-corrected chi connectivity index (χ0v) is 9.87. The molecule has 0 radical (unpaired) electrons. The van der Waals surface area contributed by atoms with Gasteiger partial charge in [0.2, 0.25) is 0 Å². The predicted molar refractivity (Wildman–Crippen MR) is 62.9 cm³/mol. The maximum Gasteiger partial charge on any atom is 0.307 e. The molecule has 1 N–H and O–H groups in total. The van der Waals surface area contributed by atoms with E-state index in [1.165, 1.54) is 7.11 Å². The second-order valence-electron chi connectivity index (χ2n) is 3.39. The highest BCUT2D eigenvalue weighted by atomic mass is 16.5. The largest absolute Gasteiger partial charge is 0.496 e. The van der Waals surface area contributed by atoms with Crippen molar-refractivity contribution < 1.29 is 14.3 Å². The Morgan fingerprint density at radius 3 is 2.75 bits per heavy atom. The van der Waals surface area contributed by atoms with E-state index in [-0.39, 0.29) is 5.97 Å². The van der Waals surface area contributed by atoms with Crippen molar-refractivity contribution >= 4 is 11.7 Å². The van der Waals surface area contributed by atoms with Gasteiger partial charge in [0.05, 0.1) is 20.6 Å². The Balaban J connectivity index is 2.57. The first-order valence-corrected chi connectivity index (χ1v) is 5.13. The number of hydrogen-bond acceptors (Lipinski definition) is 4.